The lowest BCUT2D eigenvalue weighted by Gasteiger charge is -2.22. The van der Waals surface area contributed by atoms with Gasteiger partial charge in [0.25, 0.3) is 0 Å². The summed E-state index contributed by atoms with van der Waals surface area (Å²) in [5.74, 6) is -1.87. The molecule has 16 heavy (non-hydrogen) atoms. The van der Waals surface area contributed by atoms with Crippen LogP contribution in [-0.2, 0) is 19.1 Å². The summed E-state index contributed by atoms with van der Waals surface area (Å²) in [7, 11) is 1.22. The van der Waals surface area contributed by atoms with E-state index in [0.29, 0.717) is 13.0 Å². The van der Waals surface area contributed by atoms with Gasteiger partial charge in [-0.2, -0.15) is 0 Å². The number of ether oxygens (including phenoxy) is 1. The molecular formula is C10H15NO5. The Balaban J connectivity index is 2.53. The summed E-state index contributed by atoms with van der Waals surface area (Å²) < 4.78 is 4.39. The lowest BCUT2D eigenvalue weighted by Crippen LogP contribution is -2.37. The molecule has 1 rings (SSSR count). The van der Waals surface area contributed by atoms with E-state index in [9.17, 15) is 14.4 Å². The van der Waals surface area contributed by atoms with Crippen LogP contribution < -0.4 is 0 Å². The third-order valence-electron chi connectivity index (χ3n) is 2.63. The maximum atomic E-state index is 11.6. The number of nitrogens with zero attached hydrogens (tertiary/aromatic N) is 1. The fourth-order valence-corrected chi connectivity index (χ4v) is 1.88. The first-order valence-corrected chi connectivity index (χ1v) is 5.12. The van der Waals surface area contributed by atoms with Gasteiger partial charge in [-0.05, 0) is 12.8 Å². The predicted octanol–water partition coefficient (Wildman–Crippen LogP) is 0.0152. The SMILES string of the molecule is COC(=O)CC(=O)N1CCCC1CC(=O)O. The highest BCUT2D eigenvalue weighted by Gasteiger charge is 2.31. The van der Waals surface area contributed by atoms with Crippen LogP contribution in [0.1, 0.15) is 25.7 Å². The van der Waals surface area contributed by atoms with E-state index in [-0.39, 0.29) is 24.8 Å². The normalized spacial score (nSPS) is 19.6. The lowest BCUT2D eigenvalue weighted by atomic mass is 10.1. The van der Waals surface area contributed by atoms with E-state index < -0.39 is 11.9 Å². The second-order valence-electron chi connectivity index (χ2n) is 3.73. The molecule has 1 aliphatic rings. The number of hydrogen-bond acceptors (Lipinski definition) is 4. The number of rotatable bonds is 4. The number of esters is 1. The molecule has 1 unspecified atom stereocenters. The summed E-state index contributed by atoms with van der Waals surface area (Å²) in [4.78, 5) is 34.6. The highest BCUT2D eigenvalue weighted by Crippen LogP contribution is 2.20. The monoisotopic (exact) mass is 229 g/mol. The van der Waals surface area contributed by atoms with Gasteiger partial charge in [-0.3, -0.25) is 14.4 Å². The van der Waals surface area contributed by atoms with Crippen molar-refractivity contribution in [2.45, 2.75) is 31.7 Å². The molecule has 1 aliphatic heterocycles. The van der Waals surface area contributed by atoms with Gasteiger partial charge in [0.2, 0.25) is 5.91 Å². The van der Waals surface area contributed by atoms with Gasteiger partial charge in [-0.25, -0.2) is 0 Å². The van der Waals surface area contributed by atoms with Crippen molar-refractivity contribution in [1.29, 1.82) is 0 Å². The van der Waals surface area contributed by atoms with Gasteiger partial charge < -0.3 is 14.7 Å². The fourth-order valence-electron chi connectivity index (χ4n) is 1.88. The van der Waals surface area contributed by atoms with E-state index in [1.807, 2.05) is 0 Å². The molecule has 90 valence electrons. The predicted molar refractivity (Wildman–Crippen MR) is 53.6 cm³/mol. The number of carbonyl (C=O) groups excluding carboxylic acids is 2. The molecule has 1 saturated heterocycles. The molecule has 6 heteroatoms. The van der Waals surface area contributed by atoms with Crippen LogP contribution in [0.3, 0.4) is 0 Å². The Hall–Kier alpha value is -1.59. The van der Waals surface area contributed by atoms with Gasteiger partial charge in [0.05, 0.1) is 13.5 Å². The molecule has 0 aliphatic carbocycles. The highest BCUT2D eigenvalue weighted by molar-refractivity contribution is 5.94. The number of amides is 1. The molecule has 1 atom stereocenters. The van der Waals surface area contributed by atoms with Crippen molar-refractivity contribution in [1.82, 2.24) is 4.90 Å². The van der Waals surface area contributed by atoms with Crippen molar-refractivity contribution < 1.29 is 24.2 Å². The number of aliphatic carboxylic acids is 1. The topological polar surface area (TPSA) is 83.9 Å². The second-order valence-corrected chi connectivity index (χ2v) is 3.73. The standard InChI is InChI=1S/C10H15NO5/c1-16-10(15)6-8(12)11-4-2-3-7(11)5-9(13)14/h7H,2-6H2,1H3,(H,13,14). The van der Waals surface area contributed by atoms with Crippen molar-refractivity contribution in [2.75, 3.05) is 13.7 Å². The van der Waals surface area contributed by atoms with Gasteiger partial charge in [-0.15, -0.1) is 0 Å². The number of carboxylic acids is 1. The average Bonchev–Trinajstić information content (AvgIpc) is 2.64. The number of carboxylic acid groups (broad SMARTS) is 1. The van der Waals surface area contributed by atoms with Crippen molar-refractivity contribution >= 4 is 17.8 Å². The Morgan fingerprint density at radius 1 is 1.44 bits per heavy atom. The molecule has 6 nitrogen and oxygen atoms in total. The molecule has 0 spiro atoms. The first-order chi connectivity index (χ1) is 7.54. The molecule has 1 amide bonds. The van der Waals surface area contributed by atoms with E-state index in [1.54, 1.807) is 0 Å². The molecule has 0 radical (unpaired) electrons. The average molecular weight is 229 g/mol. The Kier molecular flexibility index (Phi) is 4.28. The maximum Gasteiger partial charge on any atom is 0.315 e. The zero-order valence-electron chi connectivity index (χ0n) is 9.14. The highest BCUT2D eigenvalue weighted by atomic mass is 16.5. The van der Waals surface area contributed by atoms with Crippen LogP contribution in [0.5, 0.6) is 0 Å². The largest absolute Gasteiger partial charge is 0.481 e. The molecular weight excluding hydrogens is 214 g/mol. The van der Waals surface area contributed by atoms with Crippen molar-refractivity contribution in [3.8, 4) is 0 Å². The minimum atomic E-state index is -0.928. The van der Waals surface area contributed by atoms with E-state index >= 15 is 0 Å². The van der Waals surface area contributed by atoms with Crippen molar-refractivity contribution in [3.63, 3.8) is 0 Å². The van der Waals surface area contributed by atoms with Crippen LogP contribution >= 0.6 is 0 Å². The van der Waals surface area contributed by atoms with Gasteiger partial charge in [-0.1, -0.05) is 0 Å². The summed E-state index contributed by atoms with van der Waals surface area (Å²) in [5, 5.41) is 8.67. The first kappa shape index (κ1) is 12.5. The van der Waals surface area contributed by atoms with Gasteiger partial charge in [0.15, 0.2) is 0 Å². The Morgan fingerprint density at radius 2 is 2.12 bits per heavy atom. The number of carbonyl (C=O) groups is 3. The molecule has 0 aromatic rings. The van der Waals surface area contributed by atoms with E-state index in [1.165, 1.54) is 12.0 Å². The fraction of sp³-hybridized carbons (Fsp3) is 0.700. The molecule has 0 aromatic carbocycles. The number of likely N-dealkylation sites (tertiary alicyclic amines) is 1. The summed E-state index contributed by atoms with van der Waals surface area (Å²) >= 11 is 0. The Labute approximate surface area is 93.2 Å². The molecule has 0 bridgehead atoms. The van der Waals surface area contributed by atoms with E-state index in [0.717, 1.165) is 6.42 Å². The third-order valence-corrected chi connectivity index (χ3v) is 2.63. The second kappa shape index (κ2) is 5.48. The summed E-state index contributed by atoms with van der Waals surface area (Å²) in [6, 6.07) is -0.283. The summed E-state index contributed by atoms with van der Waals surface area (Å²) in [5.41, 5.74) is 0. The number of methoxy groups -OCH3 is 1. The Morgan fingerprint density at radius 3 is 2.69 bits per heavy atom. The van der Waals surface area contributed by atoms with Crippen LogP contribution in [0, 0.1) is 0 Å². The van der Waals surface area contributed by atoms with Crippen molar-refractivity contribution in [3.05, 3.63) is 0 Å². The maximum absolute atomic E-state index is 11.6. The molecule has 1 N–H and O–H groups in total. The summed E-state index contributed by atoms with van der Waals surface area (Å²) in [6.45, 7) is 0.522. The quantitative estimate of drug-likeness (QED) is 0.542. The zero-order valence-corrected chi connectivity index (χ0v) is 9.14. The first-order valence-electron chi connectivity index (χ1n) is 5.12. The van der Waals surface area contributed by atoms with Crippen LogP contribution in [0.25, 0.3) is 0 Å². The van der Waals surface area contributed by atoms with Crippen LogP contribution in [0.2, 0.25) is 0 Å². The van der Waals surface area contributed by atoms with E-state index in [2.05, 4.69) is 4.74 Å². The van der Waals surface area contributed by atoms with E-state index in [4.69, 9.17) is 5.11 Å². The lowest BCUT2D eigenvalue weighted by molar-refractivity contribution is -0.147. The minimum Gasteiger partial charge on any atom is -0.481 e. The van der Waals surface area contributed by atoms with Gasteiger partial charge in [0.1, 0.15) is 6.42 Å². The minimum absolute atomic E-state index is 0.0626. The molecule has 0 saturated carbocycles. The van der Waals surface area contributed by atoms with Crippen LogP contribution in [0.4, 0.5) is 0 Å². The van der Waals surface area contributed by atoms with Crippen LogP contribution in [-0.4, -0.2) is 47.5 Å². The smallest absolute Gasteiger partial charge is 0.315 e. The van der Waals surface area contributed by atoms with Gasteiger partial charge >= 0.3 is 11.9 Å². The Bertz CT molecular complexity index is 302. The third kappa shape index (κ3) is 3.22. The zero-order chi connectivity index (χ0) is 12.1. The molecule has 1 heterocycles. The van der Waals surface area contributed by atoms with Gasteiger partial charge in [0, 0.05) is 12.6 Å². The number of hydrogen-bond donors (Lipinski definition) is 1. The van der Waals surface area contributed by atoms with Crippen LogP contribution in [0.15, 0.2) is 0 Å². The molecule has 0 aromatic heterocycles. The summed E-state index contributed by atoms with van der Waals surface area (Å²) in [6.07, 6.45) is 1.09. The molecule has 1 fully saturated rings. The van der Waals surface area contributed by atoms with Crippen molar-refractivity contribution in [2.24, 2.45) is 0 Å².